The van der Waals surface area contributed by atoms with Crippen molar-refractivity contribution in [1.82, 2.24) is 10.2 Å². The lowest BCUT2D eigenvalue weighted by Crippen LogP contribution is -2.54. The molecule has 4 heteroatoms. The summed E-state index contributed by atoms with van der Waals surface area (Å²) in [6.07, 6.45) is 6.18. The van der Waals surface area contributed by atoms with Gasteiger partial charge in [-0.05, 0) is 18.3 Å². The highest BCUT2D eigenvalue weighted by molar-refractivity contribution is 5.92. The zero-order chi connectivity index (χ0) is 11.6. The fourth-order valence-electron chi connectivity index (χ4n) is 2.77. The van der Waals surface area contributed by atoms with Crippen molar-refractivity contribution < 1.29 is 9.59 Å². The Hall–Kier alpha value is -1.06. The number of nitrogens with one attached hydrogen (secondary N) is 1. The van der Waals surface area contributed by atoms with Crippen molar-refractivity contribution in [1.29, 1.82) is 0 Å². The fraction of sp³-hybridized carbons (Fsp3) is 0.833. The minimum atomic E-state index is -0.0287. The SMILES string of the molecule is CC1(CN2CC(=O)NCC2=O)CCCCC1. The van der Waals surface area contributed by atoms with Crippen LogP contribution in [0.4, 0.5) is 0 Å². The number of amides is 2. The van der Waals surface area contributed by atoms with Crippen LogP contribution in [-0.4, -0.2) is 36.3 Å². The van der Waals surface area contributed by atoms with Gasteiger partial charge in [-0.25, -0.2) is 0 Å². The van der Waals surface area contributed by atoms with E-state index in [1.807, 2.05) is 0 Å². The molecule has 1 saturated carbocycles. The van der Waals surface area contributed by atoms with Crippen LogP contribution in [0.5, 0.6) is 0 Å². The summed E-state index contributed by atoms with van der Waals surface area (Å²) in [6.45, 7) is 3.41. The molecule has 1 aliphatic heterocycles. The number of carbonyl (C=O) groups is 2. The standard InChI is InChI=1S/C12H20N2O2/c1-12(5-3-2-4-6-12)9-14-8-10(15)13-7-11(14)16/h2-9H2,1H3,(H,13,15). The zero-order valence-corrected chi connectivity index (χ0v) is 9.92. The molecule has 1 heterocycles. The maximum Gasteiger partial charge on any atom is 0.242 e. The van der Waals surface area contributed by atoms with Gasteiger partial charge < -0.3 is 10.2 Å². The number of piperazine rings is 1. The van der Waals surface area contributed by atoms with Gasteiger partial charge in [0, 0.05) is 6.54 Å². The molecule has 0 spiro atoms. The van der Waals surface area contributed by atoms with E-state index in [2.05, 4.69) is 12.2 Å². The van der Waals surface area contributed by atoms with Crippen LogP contribution < -0.4 is 5.32 Å². The van der Waals surface area contributed by atoms with E-state index in [0.717, 1.165) is 6.54 Å². The molecule has 90 valence electrons. The largest absolute Gasteiger partial charge is 0.345 e. The lowest BCUT2D eigenvalue weighted by Gasteiger charge is -2.39. The molecule has 0 radical (unpaired) electrons. The third kappa shape index (κ3) is 2.54. The number of nitrogens with zero attached hydrogens (tertiary/aromatic N) is 1. The van der Waals surface area contributed by atoms with Gasteiger partial charge >= 0.3 is 0 Å². The smallest absolute Gasteiger partial charge is 0.242 e. The molecular formula is C12H20N2O2. The van der Waals surface area contributed by atoms with Crippen molar-refractivity contribution in [2.45, 2.75) is 39.0 Å². The topological polar surface area (TPSA) is 49.4 Å². The van der Waals surface area contributed by atoms with E-state index in [-0.39, 0.29) is 30.3 Å². The van der Waals surface area contributed by atoms with Gasteiger partial charge in [0.1, 0.15) is 0 Å². The average molecular weight is 224 g/mol. The molecule has 0 atom stereocenters. The Morgan fingerprint density at radius 3 is 2.62 bits per heavy atom. The zero-order valence-electron chi connectivity index (χ0n) is 9.92. The molecule has 2 rings (SSSR count). The van der Waals surface area contributed by atoms with E-state index in [4.69, 9.17) is 0 Å². The minimum Gasteiger partial charge on any atom is -0.345 e. The second-order valence-corrected chi connectivity index (χ2v) is 5.40. The number of hydrogen-bond acceptors (Lipinski definition) is 2. The quantitative estimate of drug-likeness (QED) is 0.758. The van der Waals surface area contributed by atoms with Gasteiger partial charge in [-0.3, -0.25) is 9.59 Å². The lowest BCUT2D eigenvalue weighted by molar-refractivity contribution is -0.142. The van der Waals surface area contributed by atoms with Crippen LogP contribution in [0.1, 0.15) is 39.0 Å². The van der Waals surface area contributed by atoms with E-state index in [1.54, 1.807) is 4.90 Å². The third-order valence-electron chi connectivity index (χ3n) is 3.76. The summed E-state index contributed by atoms with van der Waals surface area (Å²) in [5, 5.41) is 2.58. The first kappa shape index (κ1) is 11.4. The summed E-state index contributed by atoms with van der Waals surface area (Å²) in [4.78, 5) is 24.7. The summed E-state index contributed by atoms with van der Waals surface area (Å²) in [6, 6.07) is 0. The third-order valence-corrected chi connectivity index (χ3v) is 3.76. The molecule has 1 saturated heterocycles. The Morgan fingerprint density at radius 1 is 1.25 bits per heavy atom. The highest BCUT2D eigenvalue weighted by atomic mass is 16.2. The maximum atomic E-state index is 11.7. The Kier molecular flexibility index (Phi) is 3.17. The number of hydrogen-bond donors (Lipinski definition) is 1. The second kappa shape index (κ2) is 4.44. The molecule has 0 aromatic heterocycles. The molecule has 0 aromatic carbocycles. The van der Waals surface area contributed by atoms with Crippen LogP contribution >= 0.6 is 0 Å². The van der Waals surface area contributed by atoms with Crippen LogP contribution in [0.25, 0.3) is 0 Å². The van der Waals surface area contributed by atoms with Crippen molar-refractivity contribution in [3.05, 3.63) is 0 Å². The van der Waals surface area contributed by atoms with Crippen molar-refractivity contribution in [3.63, 3.8) is 0 Å². The Morgan fingerprint density at radius 2 is 1.94 bits per heavy atom. The van der Waals surface area contributed by atoms with E-state index in [0.29, 0.717) is 0 Å². The molecule has 4 nitrogen and oxygen atoms in total. The van der Waals surface area contributed by atoms with Gasteiger partial charge in [-0.1, -0.05) is 26.2 Å². The summed E-state index contributed by atoms with van der Waals surface area (Å²) in [5.41, 5.74) is 0.228. The molecule has 2 aliphatic rings. The van der Waals surface area contributed by atoms with Crippen LogP contribution in [0, 0.1) is 5.41 Å². The maximum absolute atomic E-state index is 11.7. The predicted octanol–water partition coefficient (Wildman–Crippen LogP) is 0.915. The summed E-state index contributed by atoms with van der Waals surface area (Å²) in [7, 11) is 0. The van der Waals surface area contributed by atoms with Gasteiger partial charge in [0.2, 0.25) is 11.8 Å². The first-order valence-electron chi connectivity index (χ1n) is 6.14. The molecule has 2 fully saturated rings. The minimum absolute atomic E-state index is 0.0287. The van der Waals surface area contributed by atoms with Gasteiger partial charge in [-0.15, -0.1) is 0 Å². The first-order chi connectivity index (χ1) is 7.59. The Labute approximate surface area is 96.4 Å². The molecule has 1 N–H and O–H groups in total. The van der Waals surface area contributed by atoms with Crippen LogP contribution in [0.15, 0.2) is 0 Å². The van der Waals surface area contributed by atoms with E-state index >= 15 is 0 Å². The van der Waals surface area contributed by atoms with Crippen LogP contribution in [0.2, 0.25) is 0 Å². The lowest BCUT2D eigenvalue weighted by atomic mass is 9.75. The normalized spacial score (nSPS) is 25.4. The van der Waals surface area contributed by atoms with Gasteiger partial charge in [-0.2, -0.15) is 0 Å². The van der Waals surface area contributed by atoms with Gasteiger partial charge in [0.05, 0.1) is 13.1 Å². The van der Waals surface area contributed by atoms with E-state index in [1.165, 1.54) is 32.1 Å². The van der Waals surface area contributed by atoms with Crippen molar-refractivity contribution in [3.8, 4) is 0 Å². The first-order valence-corrected chi connectivity index (χ1v) is 6.14. The van der Waals surface area contributed by atoms with Crippen molar-refractivity contribution in [2.24, 2.45) is 5.41 Å². The highest BCUT2D eigenvalue weighted by Crippen LogP contribution is 2.36. The van der Waals surface area contributed by atoms with Crippen LogP contribution in [-0.2, 0) is 9.59 Å². The van der Waals surface area contributed by atoms with E-state index in [9.17, 15) is 9.59 Å². The molecule has 0 unspecified atom stereocenters. The molecule has 2 amide bonds. The van der Waals surface area contributed by atoms with Crippen LogP contribution in [0.3, 0.4) is 0 Å². The Balaban J connectivity index is 1.96. The van der Waals surface area contributed by atoms with Gasteiger partial charge in [0.25, 0.3) is 0 Å². The second-order valence-electron chi connectivity index (χ2n) is 5.40. The summed E-state index contributed by atoms with van der Waals surface area (Å²) in [5.74, 6) is 0.0328. The van der Waals surface area contributed by atoms with Crippen molar-refractivity contribution >= 4 is 11.8 Å². The molecule has 0 aromatic rings. The predicted molar refractivity (Wildman–Crippen MR) is 60.8 cm³/mol. The average Bonchev–Trinajstić information content (AvgIpc) is 2.24. The molecule has 1 aliphatic carbocycles. The summed E-state index contributed by atoms with van der Waals surface area (Å²) >= 11 is 0. The molecular weight excluding hydrogens is 204 g/mol. The van der Waals surface area contributed by atoms with Crippen molar-refractivity contribution in [2.75, 3.05) is 19.6 Å². The Bertz CT molecular complexity index is 295. The highest BCUT2D eigenvalue weighted by Gasteiger charge is 2.33. The monoisotopic (exact) mass is 224 g/mol. The molecule has 0 bridgehead atoms. The number of rotatable bonds is 2. The fourth-order valence-corrected chi connectivity index (χ4v) is 2.77. The molecule has 16 heavy (non-hydrogen) atoms. The van der Waals surface area contributed by atoms with Gasteiger partial charge in [0.15, 0.2) is 0 Å². The summed E-state index contributed by atoms with van der Waals surface area (Å²) < 4.78 is 0. The number of carbonyl (C=O) groups excluding carboxylic acids is 2. The van der Waals surface area contributed by atoms with E-state index < -0.39 is 0 Å².